The molecule has 1 heterocycles. The molecule has 1 fully saturated rings. The van der Waals surface area contributed by atoms with E-state index in [2.05, 4.69) is 15.5 Å². The molecule has 0 aromatic heterocycles. The first-order chi connectivity index (χ1) is 10.9. The zero-order valence-electron chi connectivity index (χ0n) is 12.9. The molecule has 2 amide bonds. The number of benzene rings is 1. The number of β-amino-alcohol motifs (C(OH)–C–C–N with tert-alkyl or cyclic N) is 1. The smallest absolute Gasteiger partial charge is 0.319 e. The predicted octanol–water partition coefficient (Wildman–Crippen LogP) is 1.68. The normalized spacial score (nSPS) is 18.3. The van der Waals surface area contributed by atoms with Crippen molar-refractivity contribution in [3.8, 4) is 0 Å². The maximum atomic E-state index is 13.0. The second-order valence-electron chi connectivity index (χ2n) is 5.82. The summed E-state index contributed by atoms with van der Waals surface area (Å²) in [5, 5.41) is 15.6. The number of carbonyl (C=O) groups is 1. The van der Waals surface area contributed by atoms with Crippen molar-refractivity contribution in [1.82, 2.24) is 10.2 Å². The van der Waals surface area contributed by atoms with Crippen molar-refractivity contribution in [3.05, 3.63) is 29.0 Å². The lowest BCUT2D eigenvalue weighted by atomic mass is 10.1. The number of hydrogen-bond acceptors (Lipinski definition) is 4. The Morgan fingerprint density at radius 1 is 1.48 bits per heavy atom. The summed E-state index contributed by atoms with van der Waals surface area (Å²) in [6, 6.07) is 3.19. The fourth-order valence-corrected chi connectivity index (χ4v) is 2.54. The van der Waals surface area contributed by atoms with Gasteiger partial charge in [0, 0.05) is 26.2 Å². The molecule has 1 aliphatic rings. The van der Waals surface area contributed by atoms with E-state index in [1.54, 1.807) is 6.92 Å². The van der Waals surface area contributed by atoms with E-state index >= 15 is 0 Å². The van der Waals surface area contributed by atoms with Gasteiger partial charge in [0.2, 0.25) is 0 Å². The van der Waals surface area contributed by atoms with Crippen molar-refractivity contribution in [1.29, 1.82) is 0 Å². The highest BCUT2D eigenvalue weighted by atomic mass is 35.5. The minimum absolute atomic E-state index is 0.0784. The molecule has 23 heavy (non-hydrogen) atoms. The van der Waals surface area contributed by atoms with Gasteiger partial charge in [-0.15, -0.1) is 0 Å². The number of nitrogens with zero attached hydrogens (tertiary/aromatic N) is 1. The second kappa shape index (κ2) is 7.92. The second-order valence-corrected chi connectivity index (χ2v) is 6.22. The summed E-state index contributed by atoms with van der Waals surface area (Å²) in [5.41, 5.74) is -0.764. The predicted molar refractivity (Wildman–Crippen MR) is 86.3 cm³/mol. The summed E-state index contributed by atoms with van der Waals surface area (Å²) >= 11 is 5.84. The molecule has 0 saturated carbocycles. The average Bonchev–Trinajstić information content (AvgIpc) is 2.49. The molecule has 1 aromatic rings. The number of anilines is 1. The van der Waals surface area contributed by atoms with Gasteiger partial charge in [0.15, 0.2) is 0 Å². The summed E-state index contributed by atoms with van der Waals surface area (Å²) in [4.78, 5) is 14.0. The quantitative estimate of drug-likeness (QED) is 0.759. The van der Waals surface area contributed by atoms with Crippen molar-refractivity contribution >= 4 is 23.3 Å². The Morgan fingerprint density at radius 2 is 2.17 bits per heavy atom. The Kier molecular flexibility index (Phi) is 6.17. The van der Waals surface area contributed by atoms with Crippen molar-refractivity contribution in [2.75, 3.05) is 44.7 Å². The van der Waals surface area contributed by atoms with Crippen LogP contribution in [-0.4, -0.2) is 61.0 Å². The number of halogens is 2. The summed E-state index contributed by atoms with van der Waals surface area (Å²) in [7, 11) is 0. The maximum absolute atomic E-state index is 13.0. The fourth-order valence-electron chi connectivity index (χ4n) is 2.32. The van der Waals surface area contributed by atoms with Crippen LogP contribution >= 0.6 is 11.6 Å². The SMILES string of the molecule is C[C@@](O)(CNC(=O)Nc1ccc(F)cc1Cl)CN1CCOCC1. The summed E-state index contributed by atoms with van der Waals surface area (Å²) in [6.07, 6.45) is 0. The Hall–Kier alpha value is -1.41. The number of nitrogens with one attached hydrogen (secondary N) is 2. The molecule has 2 rings (SSSR count). The van der Waals surface area contributed by atoms with Crippen molar-refractivity contribution < 1.29 is 19.0 Å². The van der Waals surface area contributed by atoms with Crippen LogP contribution in [0.1, 0.15) is 6.92 Å². The zero-order valence-corrected chi connectivity index (χ0v) is 13.7. The van der Waals surface area contributed by atoms with Gasteiger partial charge in [0.25, 0.3) is 0 Å². The molecule has 0 unspecified atom stereocenters. The van der Waals surface area contributed by atoms with Crippen LogP contribution < -0.4 is 10.6 Å². The minimum Gasteiger partial charge on any atom is -0.387 e. The van der Waals surface area contributed by atoms with Gasteiger partial charge in [0.05, 0.1) is 29.5 Å². The van der Waals surface area contributed by atoms with E-state index in [0.717, 1.165) is 19.2 Å². The molecule has 1 aromatic carbocycles. The van der Waals surface area contributed by atoms with Crippen molar-refractivity contribution in [3.63, 3.8) is 0 Å². The van der Waals surface area contributed by atoms with Gasteiger partial charge in [-0.05, 0) is 25.1 Å². The van der Waals surface area contributed by atoms with E-state index in [9.17, 15) is 14.3 Å². The lowest BCUT2D eigenvalue weighted by molar-refractivity contribution is -0.0205. The van der Waals surface area contributed by atoms with Crippen LogP contribution in [0.15, 0.2) is 18.2 Å². The highest BCUT2D eigenvalue weighted by Crippen LogP contribution is 2.22. The molecule has 1 aliphatic heterocycles. The number of rotatable bonds is 5. The lowest BCUT2D eigenvalue weighted by Crippen LogP contribution is -2.51. The van der Waals surface area contributed by atoms with Crippen molar-refractivity contribution in [2.45, 2.75) is 12.5 Å². The number of amides is 2. The van der Waals surface area contributed by atoms with Crippen LogP contribution in [0.4, 0.5) is 14.9 Å². The van der Waals surface area contributed by atoms with Crippen molar-refractivity contribution in [2.24, 2.45) is 0 Å². The fraction of sp³-hybridized carbons (Fsp3) is 0.533. The summed E-state index contributed by atoms with van der Waals surface area (Å²) in [6.45, 7) is 4.98. The molecule has 1 atom stereocenters. The molecule has 128 valence electrons. The van der Waals surface area contributed by atoms with Gasteiger partial charge in [-0.3, -0.25) is 4.90 Å². The largest absolute Gasteiger partial charge is 0.387 e. The van der Waals surface area contributed by atoms with Crippen LogP contribution in [0.2, 0.25) is 5.02 Å². The monoisotopic (exact) mass is 345 g/mol. The first kappa shape index (κ1) is 17.9. The third-order valence-electron chi connectivity index (χ3n) is 3.48. The van der Waals surface area contributed by atoms with Gasteiger partial charge in [0.1, 0.15) is 5.82 Å². The summed E-state index contributed by atoms with van der Waals surface area (Å²) < 4.78 is 18.2. The number of aliphatic hydroxyl groups is 1. The van der Waals surface area contributed by atoms with E-state index in [-0.39, 0.29) is 11.6 Å². The molecular formula is C15H21ClFN3O3. The van der Waals surface area contributed by atoms with Gasteiger partial charge >= 0.3 is 6.03 Å². The van der Waals surface area contributed by atoms with E-state index in [0.29, 0.717) is 25.4 Å². The van der Waals surface area contributed by atoms with E-state index in [1.165, 1.54) is 12.1 Å². The minimum atomic E-state index is -1.07. The molecule has 6 nitrogen and oxygen atoms in total. The molecule has 8 heteroatoms. The topological polar surface area (TPSA) is 73.8 Å². The Morgan fingerprint density at radius 3 is 2.83 bits per heavy atom. The molecule has 0 bridgehead atoms. The highest BCUT2D eigenvalue weighted by molar-refractivity contribution is 6.33. The van der Waals surface area contributed by atoms with Crippen LogP contribution in [0.3, 0.4) is 0 Å². The molecule has 0 spiro atoms. The van der Waals surface area contributed by atoms with Gasteiger partial charge in [-0.2, -0.15) is 0 Å². The maximum Gasteiger partial charge on any atom is 0.319 e. The molecule has 0 radical (unpaired) electrons. The lowest BCUT2D eigenvalue weighted by Gasteiger charge is -2.33. The standard InChI is InChI=1S/C15H21ClFN3O3/c1-15(22,10-20-4-6-23-7-5-20)9-18-14(21)19-13-3-2-11(17)8-12(13)16/h2-3,8,22H,4-7,9-10H2,1H3,(H2,18,19,21)/t15-/m1/s1. The van der Waals surface area contributed by atoms with Crippen LogP contribution in [0.25, 0.3) is 0 Å². The average molecular weight is 346 g/mol. The van der Waals surface area contributed by atoms with Gasteiger partial charge in [-0.25, -0.2) is 9.18 Å². The molecule has 3 N–H and O–H groups in total. The Balaban J connectivity index is 1.80. The third kappa shape index (κ3) is 5.95. The highest BCUT2D eigenvalue weighted by Gasteiger charge is 2.25. The Bertz CT molecular complexity index is 551. The molecule has 1 saturated heterocycles. The first-order valence-electron chi connectivity index (χ1n) is 7.38. The Labute approximate surface area is 139 Å². The zero-order chi connectivity index (χ0) is 16.9. The number of morpholine rings is 1. The molecular weight excluding hydrogens is 325 g/mol. The van der Waals surface area contributed by atoms with Gasteiger partial charge in [-0.1, -0.05) is 11.6 Å². The number of ether oxygens (including phenoxy) is 1. The number of urea groups is 1. The van der Waals surface area contributed by atoms with E-state index in [1.807, 2.05) is 0 Å². The number of hydrogen-bond donors (Lipinski definition) is 3. The van der Waals surface area contributed by atoms with Gasteiger partial charge < -0.3 is 20.5 Å². The summed E-state index contributed by atoms with van der Waals surface area (Å²) in [5.74, 6) is -0.477. The third-order valence-corrected chi connectivity index (χ3v) is 3.79. The first-order valence-corrected chi connectivity index (χ1v) is 7.76. The van der Waals surface area contributed by atoms with Crippen LogP contribution in [-0.2, 0) is 4.74 Å². The van der Waals surface area contributed by atoms with Crippen LogP contribution in [0.5, 0.6) is 0 Å². The van der Waals surface area contributed by atoms with E-state index in [4.69, 9.17) is 16.3 Å². The van der Waals surface area contributed by atoms with Crippen LogP contribution in [0, 0.1) is 5.82 Å². The number of carbonyl (C=O) groups excluding carboxylic acids is 1. The van der Waals surface area contributed by atoms with E-state index < -0.39 is 17.4 Å². The molecule has 0 aliphatic carbocycles.